The zero-order chi connectivity index (χ0) is 18.1. The van der Waals surface area contributed by atoms with E-state index in [0.717, 1.165) is 5.56 Å². The number of benzene rings is 1. The number of anilines is 1. The summed E-state index contributed by atoms with van der Waals surface area (Å²) in [5.74, 6) is -1.31. The Labute approximate surface area is 146 Å². The molecule has 0 spiro atoms. The van der Waals surface area contributed by atoms with E-state index in [-0.39, 0.29) is 30.2 Å². The van der Waals surface area contributed by atoms with Gasteiger partial charge in [0.25, 0.3) is 0 Å². The highest BCUT2D eigenvalue weighted by Crippen LogP contribution is 2.34. The Morgan fingerprint density at radius 3 is 2.64 bits per heavy atom. The molecule has 1 aliphatic carbocycles. The van der Waals surface area contributed by atoms with Crippen LogP contribution in [0.3, 0.4) is 0 Å². The Morgan fingerprint density at radius 2 is 2.00 bits per heavy atom. The van der Waals surface area contributed by atoms with Crippen molar-refractivity contribution in [3.63, 3.8) is 0 Å². The van der Waals surface area contributed by atoms with E-state index >= 15 is 0 Å². The van der Waals surface area contributed by atoms with Gasteiger partial charge >= 0.3 is 5.97 Å². The van der Waals surface area contributed by atoms with Crippen molar-refractivity contribution in [2.24, 2.45) is 11.8 Å². The minimum Gasteiger partial charge on any atom is -0.495 e. The molecule has 1 saturated heterocycles. The lowest BCUT2D eigenvalue weighted by Gasteiger charge is -2.33. The third-order valence-electron chi connectivity index (χ3n) is 4.95. The van der Waals surface area contributed by atoms with Gasteiger partial charge in [-0.2, -0.15) is 0 Å². The van der Waals surface area contributed by atoms with Gasteiger partial charge in [-0.1, -0.05) is 6.07 Å². The zero-order valence-corrected chi connectivity index (χ0v) is 14.3. The first-order valence-corrected chi connectivity index (χ1v) is 8.37. The largest absolute Gasteiger partial charge is 0.495 e. The lowest BCUT2D eigenvalue weighted by molar-refractivity contribution is -0.146. The molecule has 2 aliphatic rings. The fraction of sp³-hybridized carbons (Fsp3) is 0.500. The number of nitrogens with one attached hydrogen (secondary N) is 1. The second-order valence-corrected chi connectivity index (χ2v) is 6.79. The van der Waals surface area contributed by atoms with Crippen LogP contribution in [0.25, 0.3) is 0 Å². The molecule has 1 unspecified atom stereocenters. The summed E-state index contributed by atoms with van der Waals surface area (Å²) in [6.45, 7) is 2.24. The summed E-state index contributed by atoms with van der Waals surface area (Å²) in [7, 11) is 1.55. The van der Waals surface area contributed by atoms with Crippen molar-refractivity contribution in [1.29, 1.82) is 0 Å². The second-order valence-electron chi connectivity index (χ2n) is 6.79. The number of carbonyl (C=O) groups excluding carboxylic acids is 2. The van der Waals surface area contributed by atoms with Gasteiger partial charge in [0.15, 0.2) is 0 Å². The summed E-state index contributed by atoms with van der Waals surface area (Å²) in [4.78, 5) is 37.2. The van der Waals surface area contributed by atoms with Gasteiger partial charge in [0.1, 0.15) is 5.75 Å². The third kappa shape index (κ3) is 3.45. The number of amides is 2. The number of carboxylic acid groups (broad SMARTS) is 1. The lowest BCUT2D eigenvalue weighted by atomic mass is 9.80. The topological polar surface area (TPSA) is 95.9 Å². The standard InChI is InChI=1S/C18H22N2O5/c1-10-3-4-15(25-2)14(5-10)20-9-12(8-16(20)21)17(22)19-13-6-11(7-13)18(23)24/h3-5,11-13H,6-9H2,1-2H3,(H,19,22)(H,23,24). The second kappa shape index (κ2) is 6.74. The lowest BCUT2D eigenvalue weighted by Crippen LogP contribution is -2.48. The van der Waals surface area contributed by atoms with Crippen molar-refractivity contribution in [3.05, 3.63) is 23.8 Å². The molecular weight excluding hydrogens is 324 g/mol. The van der Waals surface area contributed by atoms with Gasteiger partial charge < -0.3 is 20.1 Å². The van der Waals surface area contributed by atoms with Crippen LogP contribution < -0.4 is 15.0 Å². The molecule has 0 radical (unpaired) electrons. The first kappa shape index (κ1) is 17.3. The van der Waals surface area contributed by atoms with Crippen LogP contribution >= 0.6 is 0 Å². The summed E-state index contributed by atoms with van der Waals surface area (Å²) in [6, 6.07) is 5.49. The third-order valence-corrected chi connectivity index (χ3v) is 4.95. The van der Waals surface area contributed by atoms with Crippen molar-refractivity contribution in [2.45, 2.75) is 32.2 Å². The molecule has 1 aromatic rings. The number of aryl methyl sites for hydroxylation is 1. The highest BCUT2D eigenvalue weighted by molar-refractivity contribution is 6.01. The van der Waals surface area contributed by atoms with Gasteiger partial charge in [0.05, 0.1) is 24.6 Å². The molecule has 1 heterocycles. The Balaban J connectivity index is 1.64. The molecule has 1 aliphatic heterocycles. The molecule has 25 heavy (non-hydrogen) atoms. The molecular formula is C18H22N2O5. The number of carboxylic acids is 1. The molecule has 0 aromatic heterocycles. The molecule has 7 nitrogen and oxygen atoms in total. The molecule has 1 atom stereocenters. The van der Waals surface area contributed by atoms with E-state index in [1.807, 2.05) is 25.1 Å². The maximum Gasteiger partial charge on any atom is 0.306 e. The van der Waals surface area contributed by atoms with Crippen LogP contribution in [0.2, 0.25) is 0 Å². The SMILES string of the molecule is COc1ccc(C)cc1N1CC(C(=O)NC2CC(C(=O)O)C2)CC1=O. The number of aliphatic carboxylic acids is 1. The van der Waals surface area contributed by atoms with E-state index in [1.165, 1.54) is 0 Å². The monoisotopic (exact) mass is 346 g/mol. The number of ether oxygens (including phenoxy) is 1. The van der Waals surface area contributed by atoms with Crippen molar-refractivity contribution in [2.75, 3.05) is 18.6 Å². The van der Waals surface area contributed by atoms with Crippen LogP contribution in [-0.2, 0) is 14.4 Å². The number of hydrogen-bond donors (Lipinski definition) is 2. The van der Waals surface area contributed by atoms with Crippen LogP contribution in [0.15, 0.2) is 18.2 Å². The van der Waals surface area contributed by atoms with Crippen LogP contribution in [0.4, 0.5) is 5.69 Å². The Kier molecular flexibility index (Phi) is 4.65. The molecule has 0 bridgehead atoms. The number of methoxy groups -OCH3 is 1. The first-order chi connectivity index (χ1) is 11.9. The van der Waals surface area contributed by atoms with Gasteiger partial charge in [0, 0.05) is 19.0 Å². The number of hydrogen-bond acceptors (Lipinski definition) is 4. The molecule has 2 fully saturated rings. The van der Waals surface area contributed by atoms with Gasteiger partial charge in [-0.15, -0.1) is 0 Å². The molecule has 2 N–H and O–H groups in total. The molecule has 134 valence electrons. The summed E-state index contributed by atoms with van der Waals surface area (Å²) in [5, 5.41) is 11.8. The Bertz CT molecular complexity index is 711. The maximum absolute atomic E-state index is 12.4. The van der Waals surface area contributed by atoms with E-state index in [1.54, 1.807) is 12.0 Å². The van der Waals surface area contributed by atoms with Crippen molar-refractivity contribution in [3.8, 4) is 5.75 Å². The minimum atomic E-state index is -0.820. The highest BCUT2D eigenvalue weighted by atomic mass is 16.5. The first-order valence-electron chi connectivity index (χ1n) is 8.37. The zero-order valence-electron chi connectivity index (χ0n) is 14.3. The van der Waals surface area contributed by atoms with Crippen molar-refractivity contribution >= 4 is 23.5 Å². The summed E-state index contributed by atoms with van der Waals surface area (Å²) in [5.41, 5.74) is 1.68. The average Bonchev–Trinajstić information content (AvgIpc) is 2.91. The molecule has 7 heteroatoms. The van der Waals surface area contributed by atoms with Crippen LogP contribution in [-0.4, -0.2) is 42.6 Å². The van der Waals surface area contributed by atoms with E-state index in [2.05, 4.69) is 5.32 Å². The molecule has 3 rings (SSSR count). The van der Waals surface area contributed by atoms with Crippen molar-refractivity contribution < 1.29 is 24.2 Å². The van der Waals surface area contributed by atoms with Crippen LogP contribution in [0.5, 0.6) is 5.75 Å². The van der Waals surface area contributed by atoms with Crippen LogP contribution in [0.1, 0.15) is 24.8 Å². The van der Waals surface area contributed by atoms with E-state index < -0.39 is 11.9 Å². The Hall–Kier alpha value is -2.57. The number of carbonyl (C=O) groups is 3. The smallest absolute Gasteiger partial charge is 0.306 e. The predicted molar refractivity (Wildman–Crippen MR) is 90.5 cm³/mol. The summed E-state index contributed by atoms with van der Waals surface area (Å²) < 4.78 is 5.33. The quantitative estimate of drug-likeness (QED) is 0.839. The fourth-order valence-corrected chi connectivity index (χ4v) is 3.38. The number of rotatable bonds is 5. The van der Waals surface area contributed by atoms with Gasteiger partial charge in [0.2, 0.25) is 11.8 Å². The number of nitrogens with zero attached hydrogens (tertiary/aromatic N) is 1. The van der Waals surface area contributed by atoms with E-state index in [4.69, 9.17) is 9.84 Å². The van der Waals surface area contributed by atoms with Crippen molar-refractivity contribution in [1.82, 2.24) is 5.32 Å². The fourth-order valence-electron chi connectivity index (χ4n) is 3.38. The normalized spacial score (nSPS) is 25.4. The minimum absolute atomic E-state index is 0.105. The molecule has 1 aromatic carbocycles. The highest BCUT2D eigenvalue weighted by Gasteiger charge is 2.40. The Morgan fingerprint density at radius 1 is 1.28 bits per heavy atom. The summed E-state index contributed by atoms with van der Waals surface area (Å²) in [6.07, 6.45) is 1.06. The maximum atomic E-state index is 12.4. The van der Waals surface area contributed by atoms with Gasteiger partial charge in [-0.25, -0.2) is 0 Å². The average molecular weight is 346 g/mol. The molecule has 2 amide bonds. The predicted octanol–water partition coefficient (Wildman–Crippen LogP) is 1.34. The van der Waals surface area contributed by atoms with Gasteiger partial charge in [-0.3, -0.25) is 14.4 Å². The van der Waals surface area contributed by atoms with Crippen LogP contribution in [0, 0.1) is 18.8 Å². The van der Waals surface area contributed by atoms with Gasteiger partial charge in [-0.05, 0) is 37.5 Å². The van der Waals surface area contributed by atoms with E-state index in [9.17, 15) is 14.4 Å². The summed E-state index contributed by atoms with van der Waals surface area (Å²) >= 11 is 0. The molecule has 1 saturated carbocycles. The van der Waals surface area contributed by atoms with E-state index in [0.29, 0.717) is 30.8 Å².